The maximum absolute atomic E-state index is 11.2. The van der Waals surface area contributed by atoms with E-state index in [0.717, 1.165) is 0 Å². The van der Waals surface area contributed by atoms with Gasteiger partial charge in [-0.15, -0.1) is 0 Å². The van der Waals surface area contributed by atoms with Gasteiger partial charge in [0.05, 0.1) is 7.11 Å². The van der Waals surface area contributed by atoms with E-state index >= 15 is 0 Å². The third-order valence-corrected chi connectivity index (χ3v) is 2.05. The number of carbonyl (C=O) groups is 1. The maximum Gasteiger partial charge on any atom is 0.350 e. The van der Waals surface area contributed by atoms with Crippen molar-refractivity contribution in [2.75, 3.05) is 13.7 Å². The van der Waals surface area contributed by atoms with Crippen molar-refractivity contribution in [3.8, 4) is 17.2 Å². The van der Waals surface area contributed by atoms with Crippen LogP contribution in [0.3, 0.4) is 0 Å². The van der Waals surface area contributed by atoms with Gasteiger partial charge in [-0.25, -0.2) is 4.79 Å². The molecule has 0 radical (unpaired) electrons. The minimum absolute atomic E-state index is 0.0864. The molecule has 1 aromatic carbocycles. The zero-order chi connectivity index (χ0) is 10.8. The molecular weight excluding hydrogens is 200 g/mol. The van der Waals surface area contributed by atoms with Gasteiger partial charge in [-0.3, -0.25) is 0 Å². The number of aromatic hydroxyl groups is 1. The lowest BCUT2D eigenvalue weighted by Crippen LogP contribution is -2.37. The average molecular weight is 210 g/mol. The second-order valence-corrected chi connectivity index (χ2v) is 3.07. The Labute approximate surface area is 86.2 Å². The molecule has 0 amide bonds. The SMILES string of the molecule is COC(=O)C1COc2cc(O)ccc2O1. The number of hydrogen-bond donors (Lipinski definition) is 1. The minimum Gasteiger partial charge on any atom is -0.508 e. The molecule has 1 aromatic rings. The molecule has 1 aliphatic rings. The number of phenols is 1. The maximum atomic E-state index is 11.2. The molecule has 80 valence electrons. The number of fused-ring (bicyclic) bond motifs is 1. The smallest absolute Gasteiger partial charge is 0.350 e. The summed E-state index contributed by atoms with van der Waals surface area (Å²) in [6, 6.07) is 4.43. The Balaban J connectivity index is 2.20. The average Bonchev–Trinajstić information content (AvgIpc) is 2.27. The highest BCUT2D eigenvalue weighted by Crippen LogP contribution is 2.34. The van der Waals surface area contributed by atoms with Crippen molar-refractivity contribution in [2.24, 2.45) is 0 Å². The fourth-order valence-corrected chi connectivity index (χ4v) is 1.31. The summed E-state index contributed by atoms with van der Waals surface area (Å²) in [5.74, 6) is 0.465. The van der Waals surface area contributed by atoms with Crippen molar-refractivity contribution in [1.29, 1.82) is 0 Å². The zero-order valence-corrected chi connectivity index (χ0v) is 8.10. The predicted octanol–water partition coefficient (Wildman–Crippen LogP) is 0.705. The Morgan fingerprint density at radius 1 is 1.53 bits per heavy atom. The summed E-state index contributed by atoms with van der Waals surface area (Å²) in [7, 11) is 1.29. The summed E-state index contributed by atoms with van der Waals surface area (Å²) in [5.41, 5.74) is 0. The van der Waals surface area contributed by atoms with Crippen molar-refractivity contribution in [2.45, 2.75) is 6.10 Å². The highest BCUT2D eigenvalue weighted by Gasteiger charge is 2.28. The molecule has 1 atom stereocenters. The van der Waals surface area contributed by atoms with E-state index in [1.54, 1.807) is 6.07 Å². The van der Waals surface area contributed by atoms with Gasteiger partial charge in [-0.05, 0) is 12.1 Å². The number of hydrogen-bond acceptors (Lipinski definition) is 5. The number of carbonyl (C=O) groups excluding carboxylic acids is 1. The van der Waals surface area contributed by atoms with E-state index in [4.69, 9.17) is 9.47 Å². The van der Waals surface area contributed by atoms with Crippen LogP contribution >= 0.6 is 0 Å². The molecule has 1 unspecified atom stereocenters. The molecule has 0 saturated heterocycles. The molecule has 0 aliphatic carbocycles. The third kappa shape index (κ3) is 1.81. The highest BCUT2D eigenvalue weighted by atomic mass is 16.6. The van der Waals surface area contributed by atoms with E-state index in [9.17, 15) is 9.90 Å². The molecule has 15 heavy (non-hydrogen) atoms. The number of methoxy groups -OCH3 is 1. The molecule has 1 N–H and O–H groups in total. The quantitative estimate of drug-likeness (QED) is 0.691. The summed E-state index contributed by atoms with van der Waals surface area (Å²) in [6.45, 7) is 0.0864. The van der Waals surface area contributed by atoms with E-state index in [0.29, 0.717) is 11.5 Å². The molecule has 1 heterocycles. The topological polar surface area (TPSA) is 65.0 Å². The Morgan fingerprint density at radius 2 is 2.33 bits per heavy atom. The highest BCUT2D eigenvalue weighted by molar-refractivity contribution is 5.75. The fraction of sp³-hybridized carbons (Fsp3) is 0.300. The number of esters is 1. The Kier molecular flexibility index (Phi) is 2.37. The lowest BCUT2D eigenvalue weighted by Gasteiger charge is -2.24. The van der Waals surface area contributed by atoms with Crippen molar-refractivity contribution in [3.63, 3.8) is 0 Å². The van der Waals surface area contributed by atoms with E-state index in [1.807, 2.05) is 0 Å². The van der Waals surface area contributed by atoms with Crippen molar-refractivity contribution < 1.29 is 24.1 Å². The van der Waals surface area contributed by atoms with Crippen molar-refractivity contribution in [1.82, 2.24) is 0 Å². The van der Waals surface area contributed by atoms with Gasteiger partial charge >= 0.3 is 5.97 Å². The van der Waals surface area contributed by atoms with Crippen LogP contribution in [-0.4, -0.2) is 30.9 Å². The molecule has 2 rings (SSSR count). The normalized spacial score (nSPS) is 18.3. The minimum atomic E-state index is -0.743. The van der Waals surface area contributed by atoms with E-state index < -0.39 is 12.1 Å². The van der Waals surface area contributed by atoms with Gasteiger partial charge in [-0.2, -0.15) is 0 Å². The summed E-state index contributed by atoms with van der Waals surface area (Å²) in [4.78, 5) is 11.2. The Morgan fingerprint density at radius 3 is 3.07 bits per heavy atom. The molecule has 0 bridgehead atoms. The van der Waals surface area contributed by atoms with E-state index in [1.165, 1.54) is 19.2 Å². The number of benzene rings is 1. The first-order valence-corrected chi connectivity index (χ1v) is 4.41. The van der Waals surface area contributed by atoms with Crippen LogP contribution in [0.2, 0.25) is 0 Å². The van der Waals surface area contributed by atoms with Gasteiger partial charge < -0.3 is 19.3 Å². The molecule has 0 saturated carbocycles. The van der Waals surface area contributed by atoms with Gasteiger partial charge in [0.25, 0.3) is 0 Å². The fourth-order valence-electron chi connectivity index (χ4n) is 1.31. The van der Waals surface area contributed by atoms with E-state index in [-0.39, 0.29) is 12.4 Å². The number of phenolic OH excluding ortho intramolecular Hbond substituents is 1. The predicted molar refractivity (Wildman–Crippen MR) is 50.0 cm³/mol. The molecular formula is C10H10O5. The van der Waals surface area contributed by atoms with Crippen LogP contribution < -0.4 is 9.47 Å². The van der Waals surface area contributed by atoms with E-state index in [2.05, 4.69) is 4.74 Å². The second-order valence-electron chi connectivity index (χ2n) is 3.07. The van der Waals surface area contributed by atoms with Gasteiger partial charge in [0.15, 0.2) is 11.5 Å². The second kappa shape index (κ2) is 3.68. The van der Waals surface area contributed by atoms with Gasteiger partial charge in [0.2, 0.25) is 6.10 Å². The Bertz CT molecular complexity index is 387. The monoisotopic (exact) mass is 210 g/mol. The van der Waals surface area contributed by atoms with Crippen LogP contribution in [0.4, 0.5) is 0 Å². The summed E-state index contributed by atoms with van der Waals surface area (Å²) >= 11 is 0. The molecule has 5 nitrogen and oxygen atoms in total. The summed E-state index contributed by atoms with van der Waals surface area (Å²) < 4.78 is 15.1. The molecule has 0 fully saturated rings. The van der Waals surface area contributed by atoms with Crippen LogP contribution in [0.1, 0.15) is 0 Å². The molecule has 1 aliphatic heterocycles. The lowest BCUT2D eigenvalue weighted by molar-refractivity contribution is -0.151. The third-order valence-electron chi connectivity index (χ3n) is 2.05. The standard InChI is InChI=1S/C10H10O5/c1-13-10(12)9-5-14-8-4-6(11)2-3-7(8)15-9/h2-4,9,11H,5H2,1H3. The first kappa shape index (κ1) is 9.64. The molecule has 0 spiro atoms. The van der Waals surface area contributed by atoms with Gasteiger partial charge in [0, 0.05) is 6.07 Å². The Hall–Kier alpha value is -1.91. The van der Waals surface area contributed by atoms with Crippen molar-refractivity contribution in [3.05, 3.63) is 18.2 Å². The number of rotatable bonds is 1. The molecule has 0 aromatic heterocycles. The first-order chi connectivity index (χ1) is 7.20. The van der Waals surface area contributed by atoms with Crippen LogP contribution in [0.5, 0.6) is 17.2 Å². The van der Waals surface area contributed by atoms with Crippen LogP contribution in [-0.2, 0) is 9.53 Å². The van der Waals surface area contributed by atoms with Gasteiger partial charge in [0.1, 0.15) is 12.4 Å². The zero-order valence-electron chi connectivity index (χ0n) is 8.10. The molecule has 5 heteroatoms. The first-order valence-electron chi connectivity index (χ1n) is 4.41. The summed E-state index contributed by atoms with van der Waals surface area (Å²) in [5, 5.41) is 9.18. The van der Waals surface area contributed by atoms with Crippen LogP contribution in [0.25, 0.3) is 0 Å². The van der Waals surface area contributed by atoms with Gasteiger partial charge in [-0.1, -0.05) is 0 Å². The summed E-state index contributed by atoms with van der Waals surface area (Å²) in [6.07, 6.45) is -0.743. The lowest BCUT2D eigenvalue weighted by atomic mass is 10.2. The van der Waals surface area contributed by atoms with Crippen LogP contribution in [0.15, 0.2) is 18.2 Å². The number of ether oxygens (including phenoxy) is 3. The van der Waals surface area contributed by atoms with Crippen molar-refractivity contribution >= 4 is 5.97 Å². The largest absolute Gasteiger partial charge is 0.508 e. The van der Waals surface area contributed by atoms with Crippen LogP contribution in [0, 0.1) is 0 Å².